The molecule has 4 atom stereocenters. The molecule has 2 bridgehead atoms. The van der Waals surface area contributed by atoms with E-state index in [9.17, 15) is 20.4 Å². The second kappa shape index (κ2) is 4.00. The maximum absolute atomic E-state index is 10.7. The Morgan fingerprint density at radius 2 is 2.00 bits per heavy atom. The van der Waals surface area contributed by atoms with E-state index in [2.05, 4.69) is 0 Å². The van der Waals surface area contributed by atoms with E-state index in [1.165, 1.54) is 0 Å². The lowest BCUT2D eigenvalue weighted by molar-refractivity contribution is -0.0421. The molecule has 2 aliphatic carbocycles. The van der Waals surface area contributed by atoms with Crippen molar-refractivity contribution in [2.45, 2.75) is 51.2 Å². The first kappa shape index (κ1) is 13.9. The van der Waals surface area contributed by atoms with Gasteiger partial charge in [-0.05, 0) is 32.6 Å². The standard InChI is InChI=1S/C15H22O5/c1-14(2,19)10-9-8-5-4-7(6-16)15(8,3)12(17)11(10)20-13(9)18/h7-8,12,16-19H,4-6H2,1-3H3/t7?,8?,12-,15+/m1/s1. The Morgan fingerprint density at radius 1 is 1.35 bits per heavy atom. The number of aromatic hydroxyl groups is 1. The average molecular weight is 282 g/mol. The summed E-state index contributed by atoms with van der Waals surface area (Å²) in [6.07, 6.45) is 0.619. The molecule has 4 N–H and O–H groups in total. The fourth-order valence-corrected chi connectivity index (χ4v) is 4.31. The highest BCUT2D eigenvalue weighted by Crippen LogP contribution is 2.66. The van der Waals surface area contributed by atoms with Crippen LogP contribution < -0.4 is 0 Å². The van der Waals surface area contributed by atoms with Gasteiger partial charge < -0.3 is 24.8 Å². The molecule has 0 spiro atoms. The highest BCUT2D eigenvalue weighted by molar-refractivity contribution is 5.49. The van der Waals surface area contributed by atoms with Gasteiger partial charge in [0.25, 0.3) is 5.95 Å². The number of rotatable bonds is 2. The third-order valence-corrected chi connectivity index (χ3v) is 5.41. The zero-order chi connectivity index (χ0) is 14.9. The van der Waals surface area contributed by atoms with Crippen LogP contribution in [0.4, 0.5) is 0 Å². The van der Waals surface area contributed by atoms with Gasteiger partial charge in [0.05, 0.1) is 5.60 Å². The second-order valence-electron chi connectivity index (χ2n) is 6.90. The number of hydrogen-bond acceptors (Lipinski definition) is 5. The highest BCUT2D eigenvalue weighted by atomic mass is 16.5. The Morgan fingerprint density at radius 3 is 2.55 bits per heavy atom. The summed E-state index contributed by atoms with van der Waals surface area (Å²) in [6.45, 7) is 5.18. The van der Waals surface area contributed by atoms with E-state index < -0.39 is 17.1 Å². The first-order valence-electron chi connectivity index (χ1n) is 7.10. The van der Waals surface area contributed by atoms with Gasteiger partial charge in [0.15, 0.2) is 0 Å². The van der Waals surface area contributed by atoms with Crippen LogP contribution >= 0.6 is 0 Å². The van der Waals surface area contributed by atoms with Crippen LogP contribution in [0.5, 0.6) is 5.95 Å². The van der Waals surface area contributed by atoms with Crippen LogP contribution in [-0.4, -0.2) is 27.0 Å². The molecule has 1 saturated carbocycles. The summed E-state index contributed by atoms with van der Waals surface area (Å²) in [4.78, 5) is 0. The van der Waals surface area contributed by atoms with Crippen LogP contribution in [0, 0.1) is 11.3 Å². The van der Waals surface area contributed by atoms with Gasteiger partial charge in [-0.2, -0.15) is 0 Å². The van der Waals surface area contributed by atoms with E-state index in [-0.39, 0.29) is 30.1 Å². The van der Waals surface area contributed by atoms with Crippen LogP contribution in [0.15, 0.2) is 4.42 Å². The lowest BCUT2D eigenvalue weighted by Gasteiger charge is -2.43. The third kappa shape index (κ3) is 1.48. The van der Waals surface area contributed by atoms with E-state index in [1.54, 1.807) is 13.8 Å². The van der Waals surface area contributed by atoms with Gasteiger partial charge in [-0.15, -0.1) is 0 Å². The van der Waals surface area contributed by atoms with Crippen molar-refractivity contribution in [3.8, 4) is 5.95 Å². The molecule has 20 heavy (non-hydrogen) atoms. The molecule has 112 valence electrons. The molecule has 0 amide bonds. The van der Waals surface area contributed by atoms with Crippen LogP contribution in [0.1, 0.15) is 62.5 Å². The minimum absolute atomic E-state index is 0.00321. The topological polar surface area (TPSA) is 94.1 Å². The second-order valence-corrected chi connectivity index (χ2v) is 6.90. The van der Waals surface area contributed by atoms with Crippen molar-refractivity contribution < 1.29 is 24.8 Å². The molecular formula is C15H22O5. The summed E-state index contributed by atoms with van der Waals surface area (Å²) >= 11 is 0. The molecule has 2 aliphatic rings. The predicted octanol–water partition coefficient (Wildman–Crippen LogP) is 1.75. The van der Waals surface area contributed by atoms with Crippen molar-refractivity contribution in [3.63, 3.8) is 0 Å². The monoisotopic (exact) mass is 282 g/mol. The fourth-order valence-electron chi connectivity index (χ4n) is 4.31. The Labute approximate surface area is 117 Å². The molecule has 1 heterocycles. The molecule has 0 aliphatic heterocycles. The third-order valence-electron chi connectivity index (χ3n) is 5.41. The number of aliphatic hydroxyl groups excluding tert-OH is 2. The number of fused-ring (bicyclic) bond motifs is 4. The summed E-state index contributed by atoms with van der Waals surface area (Å²) in [5.41, 5.74) is -0.632. The SMILES string of the molecule is CC(C)(O)c1c2oc(O)c1C1CCC(CO)[C@]1(C)[C@@H]2O. The first-order valence-corrected chi connectivity index (χ1v) is 7.10. The van der Waals surface area contributed by atoms with Crippen LogP contribution in [0.25, 0.3) is 0 Å². The smallest absolute Gasteiger partial charge is 0.286 e. The van der Waals surface area contributed by atoms with Crippen molar-refractivity contribution in [3.05, 3.63) is 16.9 Å². The van der Waals surface area contributed by atoms with E-state index in [4.69, 9.17) is 4.42 Å². The molecule has 1 aromatic heterocycles. The first-order chi connectivity index (χ1) is 9.22. The van der Waals surface area contributed by atoms with Gasteiger partial charge in [0.1, 0.15) is 11.9 Å². The van der Waals surface area contributed by atoms with Crippen molar-refractivity contribution in [1.82, 2.24) is 0 Å². The van der Waals surface area contributed by atoms with Crippen molar-refractivity contribution in [2.75, 3.05) is 6.61 Å². The van der Waals surface area contributed by atoms with Gasteiger partial charge in [-0.3, -0.25) is 0 Å². The fraction of sp³-hybridized carbons (Fsp3) is 0.733. The largest absolute Gasteiger partial charge is 0.480 e. The zero-order valence-corrected chi connectivity index (χ0v) is 12.1. The van der Waals surface area contributed by atoms with Gasteiger partial charge >= 0.3 is 0 Å². The minimum atomic E-state index is -1.19. The normalized spacial score (nSPS) is 36.2. The van der Waals surface area contributed by atoms with Crippen molar-refractivity contribution in [2.24, 2.45) is 11.3 Å². The summed E-state index contributed by atoms with van der Waals surface area (Å²) < 4.78 is 5.35. The lowest BCUT2D eigenvalue weighted by Crippen LogP contribution is -2.40. The number of aliphatic hydroxyl groups is 3. The molecular weight excluding hydrogens is 260 g/mol. The number of hydrogen-bond donors (Lipinski definition) is 4. The molecule has 2 unspecified atom stereocenters. The molecule has 5 heteroatoms. The summed E-state index contributed by atoms with van der Waals surface area (Å²) in [6, 6.07) is 0. The molecule has 0 aromatic carbocycles. The van der Waals surface area contributed by atoms with Crippen LogP contribution in [-0.2, 0) is 5.60 Å². The molecule has 5 nitrogen and oxygen atoms in total. The van der Waals surface area contributed by atoms with Gasteiger partial charge in [-0.1, -0.05) is 6.92 Å². The van der Waals surface area contributed by atoms with E-state index in [0.29, 0.717) is 11.1 Å². The van der Waals surface area contributed by atoms with Crippen LogP contribution in [0.3, 0.4) is 0 Å². The number of furan rings is 1. The highest BCUT2D eigenvalue weighted by Gasteiger charge is 2.59. The quantitative estimate of drug-likeness (QED) is 0.663. The average Bonchev–Trinajstić information content (AvgIpc) is 2.83. The lowest BCUT2D eigenvalue weighted by atomic mass is 9.62. The van der Waals surface area contributed by atoms with Crippen molar-refractivity contribution in [1.29, 1.82) is 0 Å². The minimum Gasteiger partial charge on any atom is -0.480 e. The Bertz CT molecular complexity index is 541. The van der Waals surface area contributed by atoms with Gasteiger partial charge in [-0.25, -0.2) is 0 Å². The maximum Gasteiger partial charge on any atom is 0.286 e. The van der Waals surface area contributed by atoms with Gasteiger partial charge in [0.2, 0.25) is 0 Å². The predicted molar refractivity (Wildman–Crippen MR) is 71.2 cm³/mol. The maximum atomic E-state index is 10.7. The molecule has 1 fully saturated rings. The summed E-state index contributed by atoms with van der Waals surface area (Å²) in [7, 11) is 0. The van der Waals surface area contributed by atoms with Crippen molar-refractivity contribution >= 4 is 0 Å². The van der Waals surface area contributed by atoms with Gasteiger partial charge in [0, 0.05) is 29.1 Å². The molecule has 3 rings (SSSR count). The molecule has 0 saturated heterocycles. The van der Waals surface area contributed by atoms with E-state index in [1.807, 2.05) is 6.92 Å². The van der Waals surface area contributed by atoms with Crippen LogP contribution in [0.2, 0.25) is 0 Å². The Hall–Kier alpha value is -1.04. The molecule has 1 aromatic rings. The summed E-state index contributed by atoms with van der Waals surface area (Å²) in [5.74, 6) is -0.111. The Balaban J connectivity index is 2.23. The Kier molecular flexibility index (Phi) is 2.78. The zero-order valence-electron chi connectivity index (χ0n) is 12.1. The molecule has 0 radical (unpaired) electrons. The van der Waals surface area contributed by atoms with E-state index in [0.717, 1.165) is 12.8 Å². The summed E-state index contributed by atoms with van der Waals surface area (Å²) in [5, 5.41) is 40.8. The van der Waals surface area contributed by atoms with E-state index >= 15 is 0 Å².